The monoisotopic (exact) mass is 1380 g/mol. The number of fused-ring (bicyclic) bond motifs is 10. The van der Waals surface area contributed by atoms with Crippen molar-refractivity contribution in [1.29, 1.82) is 5.26 Å². The molecule has 15 aromatic rings. The molecular weight excluding hydrogens is 1300 g/mol. The van der Waals surface area contributed by atoms with Gasteiger partial charge in [-0.1, -0.05) is 298 Å². The number of anilines is 6. The molecule has 0 atom stereocenters. The van der Waals surface area contributed by atoms with Crippen LogP contribution in [0.15, 0.2) is 267 Å². The fraction of sp³-hybridized carbons (Fsp3) is 0.200. The van der Waals surface area contributed by atoms with Crippen LogP contribution in [-0.2, 0) is 27.1 Å². The van der Waals surface area contributed by atoms with Crippen molar-refractivity contribution in [3.8, 4) is 62.0 Å². The number of hydrogen-bond donors (Lipinski definition) is 0. The van der Waals surface area contributed by atoms with E-state index in [0.29, 0.717) is 11.3 Å². The van der Waals surface area contributed by atoms with Gasteiger partial charge in [0.25, 0.3) is 6.71 Å². The predicted molar refractivity (Wildman–Crippen MR) is 455 cm³/mol. The number of aromatic nitrogens is 2. The minimum Gasteiger partial charge on any atom is -0.310 e. The van der Waals surface area contributed by atoms with E-state index in [1.54, 1.807) is 0 Å². The van der Waals surface area contributed by atoms with E-state index in [0.717, 1.165) is 112 Å². The fourth-order valence-electron chi connectivity index (χ4n) is 16.8. The van der Waals surface area contributed by atoms with Crippen LogP contribution in [0.5, 0.6) is 0 Å². The van der Waals surface area contributed by atoms with Gasteiger partial charge in [0.05, 0.1) is 51.6 Å². The molecule has 0 unspecified atom stereocenters. The first-order valence-corrected chi connectivity index (χ1v) is 37.8. The average Bonchev–Trinajstić information content (AvgIpc) is 1.25. The number of rotatable bonds is 8. The molecule has 13 aromatic carbocycles. The summed E-state index contributed by atoms with van der Waals surface area (Å²) < 4.78 is 4.95. The predicted octanol–water partition coefficient (Wildman–Crippen LogP) is 25.5. The molecule has 107 heavy (non-hydrogen) atoms. The lowest BCUT2D eigenvalue weighted by atomic mass is 9.33. The van der Waals surface area contributed by atoms with Gasteiger partial charge in [-0.15, -0.1) is 0 Å². The average molecular weight is 1390 g/mol. The summed E-state index contributed by atoms with van der Waals surface area (Å²) in [5.41, 5.74) is 31.5. The van der Waals surface area contributed by atoms with Gasteiger partial charge in [0, 0.05) is 77.9 Å². The molecule has 0 spiro atoms. The molecule has 0 aliphatic carbocycles. The van der Waals surface area contributed by atoms with Gasteiger partial charge in [0.1, 0.15) is 0 Å². The van der Waals surface area contributed by atoms with Crippen LogP contribution in [0, 0.1) is 17.9 Å². The van der Waals surface area contributed by atoms with Crippen molar-refractivity contribution >= 4 is 107 Å². The zero-order valence-corrected chi connectivity index (χ0v) is 64.2. The van der Waals surface area contributed by atoms with E-state index >= 15 is 0 Å². The molecule has 0 amide bonds. The van der Waals surface area contributed by atoms with E-state index in [-0.39, 0.29) is 28.4 Å². The van der Waals surface area contributed by atoms with Crippen molar-refractivity contribution in [3.63, 3.8) is 0 Å². The highest BCUT2D eigenvalue weighted by Crippen LogP contribution is 2.55. The van der Waals surface area contributed by atoms with E-state index in [2.05, 4.69) is 376 Å². The van der Waals surface area contributed by atoms with E-state index in [4.69, 9.17) is 6.57 Å². The maximum atomic E-state index is 10.5. The van der Waals surface area contributed by atoms with Gasteiger partial charge in [-0.2, -0.15) is 5.26 Å². The normalized spacial score (nSPS) is 13.1. The second kappa shape index (κ2) is 24.9. The number of para-hydroxylation sites is 6. The molecule has 0 saturated carbocycles. The van der Waals surface area contributed by atoms with Crippen LogP contribution >= 0.6 is 0 Å². The van der Waals surface area contributed by atoms with Crippen LogP contribution in [0.4, 0.5) is 39.8 Å². The second-order valence-electron chi connectivity index (χ2n) is 34.9. The zero-order chi connectivity index (χ0) is 74.5. The van der Waals surface area contributed by atoms with E-state index in [9.17, 15) is 5.26 Å². The number of hydrogen-bond acceptors (Lipinski definition) is 3. The molecule has 0 N–H and O–H groups in total. The molecular formula is C100H89BN6. The van der Waals surface area contributed by atoms with Crippen LogP contribution in [0.1, 0.15) is 137 Å². The third-order valence-corrected chi connectivity index (χ3v) is 22.7. The first-order valence-electron chi connectivity index (χ1n) is 37.8. The van der Waals surface area contributed by atoms with Gasteiger partial charge in [-0.05, 0) is 166 Å². The van der Waals surface area contributed by atoms with Gasteiger partial charge in [0.2, 0.25) is 0 Å². The summed E-state index contributed by atoms with van der Waals surface area (Å²) >= 11 is 0. The summed E-state index contributed by atoms with van der Waals surface area (Å²) in [6.07, 6.45) is 0. The Hall–Kier alpha value is -11.9. The first-order chi connectivity index (χ1) is 51.1. The molecule has 0 bridgehead atoms. The van der Waals surface area contributed by atoms with E-state index < -0.39 is 5.41 Å². The molecule has 0 fully saturated rings. The van der Waals surface area contributed by atoms with Gasteiger partial charge in [0.15, 0.2) is 5.69 Å². The number of benzene rings is 13. The smallest absolute Gasteiger partial charge is 0.252 e. The van der Waals surface area contributed by atoms with Gasteiger partial charge < -0.3 is 18.9 Å². The third-order valence-electron chi connectivity index (χ3n) is 22.7. The molecule has 2 aliphatic rings. The van der Waals surface area contributed by atoms with Crippen LogP contribution in [0.2, 0.25) is 0 Å². The lowest BCUT2D eigenvalue weighted by molar-refractivity contribution is 0.568. The van der Waals surface area contributed by atoms with E-state index in [1.807, 2.05) is 24.3 Å². The first kappa shape index (κ1) is 68.2. The maximum Gasteiger partial charge on any atom is 0.252 e. The topological polar surface area (TPSA) is 44.5 Å². The Morgan fingerprint density at radius 1 is 0.318 bits per heavy atom. The third kappa shape index (κ3) is 11.4. The minimum atomic E-state index is -0.396. The van der Waals surface area contributed by atoms with Crippen molar-refractivity contribution in [3.05, 3.63) is 312 Å². The summed E-state index contributed by atoms with van der Waals surface area (Å²) in [5, 5.41) is 15.3. The van der Waals surface area contributed by atoms with Gasteiger partial charge in [-0.25, -0.2) is 4.85 Å². The second-order valence-corrected chi connectivity index (χ2v) is 34.9. The highest BCUT2D eigenvalue weighted by atomic mass is 15.2. The van der Waals surface area contributed by atoms with Crippen LogP contribution < -0.4 is 26.2 Å². The summed E-state index contributed by atoms with van der Waals surface area (Å²) in [6.45, 7) is 43.0. The van der Waals surface area contributed by atoms with Gasteiger partial charge in [-0.3, -0.25) is 0 Å². The molecule has 522 valence electrons. The molecule has 17 rings (SSSR count). The SMILES string of the molecule is [C-]#[N+]c1ccc(-c2cccc(-c3cc(C(C)(C)C)cc(C(C)(C)C)c3)c2N2c3cc(-n4c5ccccc5c5ccccc54)ccc3B3c4ccc(-n5c6ccccc6c6ccccc65)cc4N(c4c(-c5ccc(C#N)cc5)cccc4-c4cc(C(C)(C)C)cc(C(C)(C)C)c4)c4cc(C(C)(C)C)cc2c43)cc1. The Balaban J connectivity index is 1.07. The highest BCUT2D eigenvalue weighted by molar-refractivity contribution is 7.00. The molecule has 0 saturated heterocycles. The molecule has 0 radical (unpaired) electrons. The quantitative estimate of drug-likeness (QED) is 0.112. The Kier molecular flexibility index (Phi) is 15.9. The lowest BCUT2D eigenvalue weighted by Gasteiger charge is -2.46. The van der Waals surface area contributed by atoms with Crippen molar-refractivity contribution in [2.24, 2.45) is 0 Å². The minimum absolute atomic E-state index is 0.181. The molecule has 7 heteroatoms. The van der Waals surface area contributed by atoms with E-state index in [1.165, 1.54) is 65.8 Å². The maximum absolute atomic E-state index is 10.5. The molecule has 2 aliphatic heterocycles. The highest BCUT2D eigenvalue weighted by Gasteiger charge is 2.47. The van der Waals surface area contributed by atoms with Crippen molar-refractivity contribution in [2.45, 2.75) is 131 Å². The summed E-state index contributed by atoms with van der Waals surface area (Å²) in [5.74, 6) is 0. The van der Waals surface area contributed by atoms with Crippen LogP contribution in [0.25, 0.3) is 104 Å². The standard InChI is InChI=1S/C100H89BN6/c1-96(2,3)67-51-65(52-68(55-67)97(4,5)6)77-33-25-31-75(63-41-39-62(61-102)40-42-63)94(77)106-89-59-73(104-85-35-21-17-27-79(85)80-28-18-22-36-86(80)104)47-49-83(89)101-84-50-48-74(105-87-37-23-19-29-81(87)82-30-20-24-38-88(82)105)60-90(84)107(92-58-71(100(13,14)15)57-91(106)93(92)101)95-76(64-43-45-72(103-16)46-44-64)32-26-34-78(95)66-53-69(98(7,8)9)56-70(54-66)99(10,11)12/h17-60H,1-15H3. The van der Waals surface area contributed by atoms with Crippen molar-refractivity contribution < 1.29 is 0 Å². The largest absolute Gasteiger partial charge is 0.310 e. The molecule has 6 nitrogen and oxygen atoms in total. The lowest BCUT2D eigenvalue weighted by Crippen LogP contribution is -2.61. The fourth-order valence-corrected chi connectivity index (χ4v) is 16.8. The molecule has 2 aromatic heterocycles. The van der Waals surface area contributed by atoms with Crippen LogP contribution in [0.3, 0.4) is 0 Å². The van der Waals surface area contributed by atoms with Crippen molar-refractivity contribution in [1.82, 2.24) is 9.13 Å². The van der Waals surface area contributed by atoms with Crippen molar-refractivity contribution in [2.75, 3.05) is 9.80 Å². The Bertz CT molecular complexity index is 5700. The van der Waals surface area contributed by atoms with Gasteiger partial charge >= 0.3 is 0 Å². The zero-order valence-electron chi connectivity index (χ0n) is 64.2. The Labute approximate surface area is 631 Å². The summed E-state index contributed by atoms with van der Waals surface area (Å²) in [4.78, 5) is 9.31. The number of nitriles is 1. The molecule has 4 heterocycles. The Morgan fingerprint density at radius 3 is 0.963 bits per heavy atom. The summed E-state index contributed by atoms with van der Waals surface area (Å²) in [7, 11) is 0. The Morgan fingerprint density at radius 2 is 0.636 bits per heavy atom. The number of nitrogens with zero attached hydrogens (tertiary/aromatic N) is 6. The summed E-state index contributed by atoms with van der Waals surface area (Å²) in [6, 6.07) is 103. The van der Waals surface area contributed by atoms with Crippen LogP contribution in [-0.4, -0.2) is 15.8 Å².